The smallest absolute Gasteiger partial charge is 0.0981 e. The lowest BCUT2D eigenvalue weighted by atomic mass is 9.98. The number of nitrogens with one attached hydrogen (secondary N) is 1. The molecule has 2 heterocycles. The number of thiazole rings is 1. The molecular weight excluding hydrogens is 254 g/mol. The SMILES string of the molecule is CC(C)(C)c1ncc(CNCCN2CCCCC2)s1. The van der Waals surface area contributed by atoms with Crippen molar-refractivity contribution in [1.82, 2.24) is 15.2 Å². The maximum Gasteiger partial charge on any atom is 0.0981 e. The molecule has 19 heavy (non-hydrogen) atoms. The average Bonchev–Trinajstić information content (AvgIpc) is 2.85. The summed E-state index contributed by atoms with van der Waals surface area (Å²) in [6.07, 6.45) is 6.20. The van der Waals surface area contributed by atoms with E-state index in [2.05, 4.69) is 36.0 Å². The molecule has 2 rings (SSSR count). The number of rotatable bonds is 5. The fourth-order valence-corrected chi connectivity index (χ4v) is 3.31. The summed E-state index contributed by atoms with van der Waals surface area (Å²) in [6, 6.07) is 0. The highest BCUT2D eigenvalue weighted by atomic mass is 32.1. The summed E-state index contributed by atoms with van der Waals surface area (Å²) >= 11 is 1.84. The van der Waals surface area contributed by atoms with E-state index in [1.807, 2.05) is 17.5 Å². The molecule has 0 amide bonds. The van der Waals surface area contributed by atoms with Crippen molar-refractivity contribution in [2.45, 2.75) is 52.0 Å². The topological polar surface area (TPSA) is 28.2 Å². The predicted molar refractivity (Wildman–Crippen MR) is 82.8 cm³/mol. The van der Waals surface area contributed by atoms with Gasteiger partial charge in [-0.25, -0.2) is 4.98 Å². The Kier molecular flexibility index (Phi) is 5.37. The van der Waals surface area contributed by atoms with Crippen LogP contribution in [-0.4, -0.2) is 36.1 Å². The molecule has 1 aromatic heterocycles. The van der Waals surface area contributed by atoms with E-state index in [9.17, 15) is 0 Å². The Balaban J connectivity index is 1.66. The molecule has 1 aromatic rings. The van der Waals surface area contributed by atoms with Crippen molar-refractivity contribution >= 4 is 11.3 Å². The minimum Gasteiger partial charge on any atom is -0.311 e. The first-order chi connectivity index (χ1) is 9.05. The quantitative estimate of drug-likeness (QED) is 0.841. The predicted octanol–water partition coefficient (Wildman–Crippen LogP) is 3.02. The van der Waals surface area contributed by atoms with Crippen LogP contribution in [0.2, 0.25) is 0 Å². The molecular formula is C15H27N3S. The van der Waals surface area contributed by atoms with Crippen LogP contribution in [0.1, 0.15) is 49.9 Å². The monoisotopic (exact) mass is 281 g/mol. The largest absolute Gasteiger partial charge is 0.311 e. The highest BCUT2D eigenvalue weighted by Crippen LogP contribution is 2.26. The molecule has 4 heteroatoms. The summed E-state index contributed by atoms with van der Waals surface area (Å²) in [5, 5.41) is 4.78. The molecule has 0 atom stereocenters. The second-order valence-electron chi connectivity index (χ2n) is 6.46. The third-order valence-electron chi connectivity index (χ3n) is 3.55. The van der Waals surface area contributed by atoms with Gasteiger partial charge in [-0.1, -0.05) is 27.2 Å². The van der Waals surface area contributed by atoms with Gasteiger partial charge in [0, 0.05) is 36.1 Å². The Labute approximate surface area is 121 Å². The summed E-state index contributed by atoms with van der Waals surface area (Å²) in [6.45, 7) is 12.5. The fourth-order valence-electron chi connectivity index (χ4n) is 2.37. The molecule has 0 unspecified atom stereocenters. The zero-order chi connectivity index (χ0) is 13.7. The zero-order valence-electron chi connectivity index (χ0n) is 12.5. The first-order valence-electron chi connectivity index (χ1n) is 7.44. The molecule has 1 aliphatic rings. The van der Waals surface area contributed by atoms with Crippen molar-refractivity contribution in [3.8, 4) is 0 Å². The van der Waals surface area contributed by atoms with E-state index < -0.39 is 0 Å². The van der Waals surface area contributed by atoms with Gasteiger partial charge >= 0.3 is 0 Å². The van der Waals surface area contributed by atoms with E-state index in [0.29, 0.717) is 0 Å². The molecule has 1 saturated heterocycles. The van der Waals surface area contributed by atoms with Gasteiger partial charge in [0.05, 0.1) is 5.01 Å². The van der Waals surface area contributed by atoms with Crippen molar-refractivity contribution in [3.05, 3.63) is 16.1 Å². The van der Waals surface area contributed by atoms with Gasteiger partial charge in [-0.2, -0.15) is 0 Å². The second-order valence-corrected chi connectivity index (χ2v) is 7.58. The molecule has 0 spiro atoms. The maximum absolute atomic E-state index is 4.52. The van der Waals surface area contributed by atoms with E-state index in [4.69, 9.17) is 0 Å². The van der Waals surface area contributed by atoms with Gasteiger partial charge in [0.25, 0.3) is 0 Å². The highest BCUT2D eigenvalue weighted by molar-refractivity contribution is 7.11. The van der Waals surface area contributed by atoms with Gasteiger partial charge in [-0.3, -0.25) is 0 Å². The Bertz CT molecular complexity index is 375. The molecule has 0 saturated carbocycles. The van der Waals surface area contributed by atoms with Gasteiger partial charge in [0.1, 0.15) is 0 Å². The Hall–Kier alpha value is -0.450. The van der Waals surface area contributed by atoms with E-state index >= 15 is 0 Å². The maximum atomic E-state index is 4.52. The lowest BCUT2D eigenvalue weighted by molar-refractivity contribution is 0.229. The van der Waals surface area contributed by atoms with Crippen LogP contribution in [0.25, 0.3) is 0 Å². The number of hydrogen-bond donors (Lipinski definition) is 1. The van der Waals surface area contributed by atoms with Crippen LogP contribution in [0.4, 0.5) is 0 Å². The number of piperidine rings is 1. The normalized spacial score (nSPS) is 17.8. The molecule has 1 fully saturated rings. The average molecular weight is 281 g/mol. The van der Waals surface area contributed by atoms with Crippen molar-refractivity contribution in [1.29, 1.82) is 0 Å². The molecule has 0 aliphatic carbocycles. The van der Waals surface area contributed by atoms with Gasteiger partial charge in [0.15, 0.2) is 0 Å². The van der Waals surface area contributed by atoms with Crippen molar-refractivity contribution in [3.63, 3.8) is 0 Å². The van der Waals surface area contributed by atoms with E-state index in [1.165, 1.54) is 48.8 Å². The summed E-state index contributed by atoms with van der Waals surface area (Å²) in [4.78, 5) is 8.45. The first kappa shape index (κ1) is 14.9. The molecule has 108 valence electrons. The minimum atomic E-state index is 0.177. The van der Waals surface area contributed by atoms with Gasteiger partial charge in [-0.15, -0.1) is 11.3 Å². The van der Waals surface area contributed by atoms with E-state index in [-0.39, 0.29) is 5.41 Å². The number of likely N-dealkylation sites (tertiary alicyclic amines) is 1. The Morgan fingerprint density at radius 1 is 1.26 bits per heavy atom. The lowest BCUT2D eigenvalue weighted by Crippen LogP contribution is -2.35. The minimum absolute atomic E-state index is 0.177. The molecule has 1 N–H and O–H groups in total. The highest BCUT2D eigenvalue weighted by Gasteiger charge is 2.17. The Morgan fingerprint density at radius 3 is 2.63 bits per heavy atom. The van der Waals surface area contributed by atoms with Crippen LogP contribution >= 0.6 is 11.3 Å². The fraction of sp³-hybridized carbons (Fsp3) is 0.800. The summed E-state index contributed by atoms with van der Waals surface area (Å²) in [5.74, 6) is 0. The zero-order valence-corrected chi connectivity index (χ0v) is 13.4. The molecule has 0 bridgehead atoms. The van der Waals surface area contributed by atoms with Crippen LogP contribution in [-0.2, 0) is 12.0 Å². The summed E-state index contributed by atoms with van der Waals surface area (Å²) in [7, 11) is 0. The van der Waals surface area contributed by atoms with Crippen molar-refractivity contribution in [2.24, 2.45) is 0 Å². The lowest BCUT2D eigenvalue weighted by Gasteiger charge is -2.26. The van der Waals surface area contributed by atoms with Gasteiger partial charge in [0.2, 0.25) is 0 Å². The van der Waals surface area contributed by atoms with Crippen molar-refractivity contribution in [2.75, 3.05) is 26.2 Å². The molecule has 1 aliphatic heterocycles. The van der Waals surface area contributed by atoms with Crippen molar-refractivity contribution < 1.29 is 0 Å². The molecule has 0 aromatic carbocycles. The van der Waals surface area contributed by atoms with Crippen LogP contribution in [0.3, 0.4) is 0 Å². The van der Waals surface area contributed by atoms with Crippen LogP contribution in [0.5, 0.6) is 0 Å². The standard InChI is InChI=1S/C15H27N3S/c1-15(2,3)14-17-12-13(19-14)11-16-7-10-18-8-5-4-6-9-18/h12,16H,4-11H2,1-3H3. The Morgan fingerprint density at radius 2 is 2.00 bits per heavy atom. The van der Waals surface area contributed by atoms with Crippen LogP contribution < -0.4 is 5.32 Å². The number of nitrogens with zero attached hydrogens (tertiary/aromatic N) is 2. The number of hydrogen-bond acceptors (Lipinski definition) is 4. The third kappa shape index (κ3) is 4.86. The summed E-state index contributed by atoms with van der Waals surface area (Å²) in [5.41, 5.74) is 0.177. The van der Waals surface area contributed by atoms with E-state index in [0.717, 1.165) is 13.1 Å². The van der Waals surface area contributed by atoms with Gasteiger partial charge in [-0.05, 0) is 25.9 Å². The molecule has 3 nitrogen and oxygen atoms in total. The summed E-state index contributed by atoms with van der Waals surface area (Å²) < 4.78 is 0. The van der Waals surface area contributed by atoms with Crippen LogP contribution in [0.15, 0.2) is 6.20 Å². The third-order valence-corrected chi connectivity index (χ3v) is 4.97. The van der Waals surface area contributed by atoms with Crippen LogP contribution in [0, 0.1) is 0 Å². The van der Waals surface area contributed by atoms with Gasteiger partial charge < -0.3 is 10.2 Å². The van der Waals surface area contributed by atoms with E-state index in [1.54, 1.807) is 0 Å². The molecule has 0 radical (unpaired) electrons. The second kappa shape index (κ2) is 6.82. The first-order valence-corrected chi connectivity index (χ1v) is 8.25. The number of aromatic nitrogens is 1.